The minimum absolute atomic E-state index is 0.330. The maximum Gasteiger partial charge on any atom is 0.335 e. The van der Waals surface area contributed by atoms with Gasteiger partial charge in [-0.3, -0.25) is 0 Å². The van der Waals surface area contributed by atoms with Gasteiger partial charge >= 0.3 is 5.97 Å². The van der Waals surface area contributed by atoms with Crippen molar-refractivity contribution in [1.82, 2.24) is 0 Å². The number of aryl methyl sites for hydroxylation is 1. The number of thiophene rings is 1. The second kappa shape index (κ2) is 5.69. The molecule has 0 radical (unpaired) electrons. The molecule has 1 heterocycles. The number of carboxylic acids is 1. The number of benzene rings is 1. The van der Waals surface area contributed by atoms with Gasteiger partial charge in [-0.1, -0.05) is 0 Å². The Kier molecular flexibility index (Phi) is 3.99. The van der Waals surface area contributed by atoms with Crippen LogP contribution in [0.5, 0.6) is 0 Å². The van der Waals surface area contributed by atoms with Gasteiger partial charge in [0.25, 0.3) is 0 Å². The highest BCUT2D eigenvalue weighted by molar-refractivity contribution is 7.07. The van der Waals surface area contributed by atoms with Gasteiger partial charge in [-0.15, -0.1) is 0 Å². The lowest BCUT2D eigenvalue weighted by Gasteiger charge is -2.09. The Balaban J connectivity index is 1.95. The van der Waals surface area contributed by atoms with Crippen LogP contribution in [0.1, 0.15) is 21.5 Å². The molecule has 0 spiro atoms. The van der Waals surface area contributed by atoms with Gasteiger partial charge in [0.2, 0.25) is 0 Å². The second-order valence-electron chi connectivity index (χ2n) is 4.14. The van der Waals surface area contributed by atoms with Crippen LogP contribution in [0, 0.1) is 6.92 Å². The maximum atomic E-state index is 10.8. The van der Waals surface area contributed by atoms with Gasteiger partial charge < -0.3 is 10.4 Å². The van der Waals surface area contributed by atoms with Crippen LogP contribution < -0.4 is 5.32 Å². The van der Waals surface area contributed by atoms with Crippen molar-refractivity contribution in [2.75, 3.05) is 11.9 Å². The fourth-order valence-electron chi connectivity index (χ4n) is 1.77. The first-order valence-corrected chi connectivity index (χ1v) is 6.70. The van der Waals surface area contributed by atoms with E-state index < -0.39 is 5.97 Å². The topological polar surface area (TPSA) is 49.3 Å². The van der Waals surface area contributed by atoms with Gasteiger partial charge in [0, 0.05) is 12.2 Å². The van der Waals surface area contributed by atoms with Gasteiger partial charge in [-0.2, -0.15) is 11.3 Å². The highest BCUT2D eigenvalue weighted by Crippen LogP contribution is 2.17. The minimum Gasteiger partial charge on any atom is -0.478 e. The number of carboxylic acid groups (broad SMARTS) is 1. The van der Waals surface area contributed by atoms with E-state index in [9.17, 15) is 4.79 Å². The molecule has 0 saturated carbocycles. The SMILES string of the molecule is Cc1cc(C(=O)O)ccc1NCCc1ccsc1. The molecule has 0 fully saturated rings. The lowest BCUT2D eigenvalue weighted by Crippen LogP contribution is -2.06. The van der Waals surface area contributed by atoms with E-state index in [2.05, 4.69) is 22.1 Å². The predicted molar refractivity (Wildman–Crippen MR) is 74.7 cm³/mol. The first-order chi connectivity index (χ1) is 8.66. The lowest BCUT2D eigenvalue weighted by molar-refractivity contribution is 0.0697. The van der Waals surface area contributed by atoms with Crippen LogP contribution in [0.3, 0.4) is 0 Å². The first kappa shape index (κ1) is 12.6. The molecule has 2 rings (SSSR count). The van der Waals surface area contributed by atoms with Crippen molar-refractivity contribution in [3.63, 3.8) is 0 Å². The third kappa shape index (κ3) is 3.11. The Labute approximate surface area is 110 Å². The number of hydrogen-bond donors (Lipinski definition) is 2. The molecule has 0 aliphatic heterocycles. The molecule has 0 unspecified atom stereocenters. The maximum absolute atomic E-state index is 10.8. The van der Waals surface area contributed by atoms with Gasteiger partial charge in [0.15, 0.2) is 0 Å². The molecule has 3 nitrogen and oxygen atoms in total. The lowest BCUT2D eigenvalue weighted by atomic mass is 10.1. The molecule has 1 aromatic carbocycles. The summed E-state index contributed by atoms with van der Waals surface area (Å²) in [6.45, 7) is 2.77. The van der Waals surface area contributed by atoms with Gasteiger partial charge in [0.05, 0.1) is 5.56 Å². The van der Waals surface area contributed by atoms with E-state index in [0.717, 1.165) is 24.2 Å². The summed E-state index contributed by atoms with van der Waals surface area (Å²) >= 11 is 1.70. The summed E-state index contributed by atoms with van der Waals surface area (Å²) < 4.78 is 0. The van der Waals surface area contributed by atoms with E-state index in [0.29, 0.717) is 5.56 Å². The summed E-state index contributed by atoms with van der Waals surface area (Å²) in [5, 5.41) is 16.4. The van der Waals surface area contributed by atoms with Crippen molar-refractivity contribution < 1.29 is 9.90 Å². The molecule has 0 aliphatic rings. The fraction of sp³-hybridized carbons (Fsp3) is 0.214. The molecule has 4 heteroatoms. The van der Waals surface area contributed by atoms with Crippen molar-refractivity contribution >= 4 is 23.0 Å². The summed E-state index contributed by atoms with van der Waals surface area (Å²) in [6, 6.07) is 7.26. The van der Waals surface area contributed by atoms with E-state index in [4.69, 9.17) is 5.11 Å². The number of anilines is 1. The normalized spacial score (nSPS) is 10.3. The average Bonchev–Trinajstić information content (AvgIpc) is 2.84. The third-order valence-electron chi connectivity index (χ3n) is 2.78. The zero-order valence-corrected chi connectivity index (χ0v) is 11.0. The van der Waals surface area contributed by atoms with Crippen molar-refractivity contribution in [2.24, 2.45) is 0 Å². The first-order valence-electron chi connectivity index (χ1n) is 5.75. The Morgan fingerprint density at radius 1 is 1.39 bits per heavy atom. The van der Waals surface area contributed by atoms with Crippen LogP contribution in [0.4, 0.5) is 5.69 Å². The number of aromatic carboxylic acids is 1. The molecule has 18 heavy (non-hydrogen) atoms. The van der Waals surface area contributed by atoms with Crippen molar-refractivity contribution in [3.8, 4) is 0 Å². The van der Waals surface area contributed by atoms with Crippen LogP contribution >= 0.6 is 11.3 Å². The number of carbonyl (C=O) groups is 1. The Morgan fingerprint density at radius 2 is 2.22 bits per heavy atom. The largest absolute Gasteiger partial charge is 0.478 e. The smallest absolute Gasteiger partial charge is 0.335 e. The molecule has 0 amide bonds. The number of nitrogens with one attached hydrogen (secondary N) is 1. The summed E-state index contributed by atoms with van der Waals surface area (Å²) in [4.78, 5) is 10.8. The molecule has 0 aliphatic carbocycles. The highest BCUT2D eigenvalue weighted by atomic mass is 32.1. The second-order valence-corrected chi connectivity index (χ2v) is 4.92. The van der Waals surface area contributed by atoms with Crippen LogP contribution in [-0.2, 0) is 6.42 Å². The average molecular weight is 261 g/mol. The zero-order chi connectivity index (χ0) is 13.0. The molecule has 2 N–H and O–H groups in total. The summed E-state index contributed by atoms with van der Waals surface area (Å²) in [5.41, 5.74) is 3.61. The molecule has 0 saturated heterocycles. The summed E-state index contributed by atoms with van der Waals surface area (Å²) in [7, 11) is 0. The van der Waals surface area contributed by atoms with Crippen LogP contribution in [0.2, 0.25) is 0 Å². The Bertz CT molecular complexity index is 535. The Hall–Kier alpha value is -1.81. The van der Waals surface area contributed by atoms with Crippen LogP contribution in [-0.4, -0.2) is 17.6 Å². The number of rotatable bonds is 5. The fourth-order valence-corrected chi connectivity index (χ4v) is 2.47. The predicted octanol–water partition coefficient (Wildman–Crippen LogP) is 3.41. The van der Waals surface area contributed by atoms with E-state index in [-0.39, 0.29) is 0 Å². The van der Waals surface area contributed by atoms with E-state index in [1.807, 2.05) is 13.0 Å². The van der Waals surface area contributed by atoms with Gasteiger partial charge in [-0.25, -0.2) is 4.79 Å². The monoisotopic (exact) mass is 261 g/mol. The molecule has 0 atom stereocenters. The van der Waals surface area contributed by atoms with Gasteiger partial charge in [-0.05, 0) is 59.5 Å². The standard InChI is InChI=1S/C14H15NO2S/c1-10-8-12(14(16)17)2-3-13(10)15-6-4-11-5-7-18-9-11/h2-3,5,7-9,15H,4,6H2,1H3,(H,16,17). The van der Waals surface area contributed by atoms with Crippen LogP contribution in [0.15, 0.2) is 35.0 Å². The summed E-state index contributed by atoms with van der Waals surface area (Å²) in [6.07, 6.45) is 0.976. The van der Waals surface area contributed by atoms with E-state index in [1.54, 1.807) is 23.5 Å². The third-order valence-corrected chi connectivity index (χ3v) is 3.51. The summed E-state index contributed by atoms with van der Waals surface area (Å²) in [5.74, 6) is -0.886. The zero-order valence-electron chi connectivity index (χ0n) is 10.1. The highest BCUT2D eigenvalue weighted by Gasteiger charge is 2.05. The molecule has 1 aromatic heterocycles. The van der Waals surface area contributed by atoms with Gasteiger partial charge in [0.1, 0.15) is 0 Å². The molecule has 2 aromatic rings. The minimum atomic E-state index is -0.886. The van der Waals surface area contributed by atoms with E-state index >= 15 is 0 Å². The molecular weight excluding hydrogens is 246 g/mol. The van der Waals surface area contributed by atoms with Crippen LogP contribution in [0.25, 0.3) is 0 Å². The molecule has 0 bridgehead atoms. The molecular formula is C14H15NO2S. The quantitative estimate of drug-likeness (QED) is 0.867. The Morgan fingerprint density at radius 3 is 2.83 bits per heavy atom. The van der Waals surface area contributed by atoms with Crippen molar-refractivity contribution in [3.05, 3.63) is 51.7 Å². The van der Waals surface area contributed by atoms with Crippen molar-refractivity contribution in [2.45, 2.75) is 13.3 Å². The van der Waals surface area contributed by atoms with Crippen molar-refractivity contribution in [1.29, 1.82) is 0 Å². The number of hydrogen-bond acceptors (Lipinski definition) is 3. The van der Waals surface area contributed by atoms with E-state index in [1.165, 1.54) is 5.56 Å². The molecule has 94 valence electrons.